The third kappa shape index (κ3) is 4.90. The standard InChI is InChI=1S/C17H24BrNO3/c1-12-11-14(5-6-15(12)18)21-13-7-9-19(10-8-13)16(20)22-17(2,3)4/h5-6,11,13H,7-10H2,1-4H3. The van der Waals surface area contributed by atoms with Crippen molar-refractivity contribution in [2.24, 2.45) is 0 Å². The topological polar surface area (TPSA) is 38.8 Å². The summed E-state index contributed by atoms with van der Waals surface area (Å²) in [6.07, 6.45) is 1.58. The lowest BCUT2D eigenvalue weighted by molar-refractivity contribution is 0.0126. The van der Waals surface area contributed by atoms with Crippen LogP contribution in [0.2, 0.25) is 0 Å². The number of hydrogen-bond acceptors (Lipinski definition) is 3. The van der Waals surface area contributed by atoms with E-state index >= 15 is 0 Å². The van der Waals surface area contributed by atoms with E-state index in [1.165, 1.54) is 0 Å². The summed E-state index contributed by atoms with van der Waals surface area (Å²) in [5.74, 6) is 0.886. The maximum atomic E-state index is 12.0. The van der Waals surface area contributed by atoms with E-state index in [4.69, 9.17) is 9.47 Å². The van der Waals surface area contributed by atoms with Crippen molar-refractivity contribution in [1.29, 1.82) is 0 Å². The lowest BCUT2D eigenvalue weighted by Crippen LogP contribution is -2.44. The highest BCUT2D eigenvalue weighted by atomic mass is 79.9. The summed E-state index contributed by atoms with van der Waals surface area (Å²) < 4.78 is 12.5. The first-order valence-electron chi connectivity index (χ1n) is 7.65. The first-order chi connectivity index (χ1) is 10.2. The first kappa shape index (κ1) is 17.1. The van der Waals surface area contributed by atoms with E-state index in [2.05, 4.69) is 15.9 Å². The smallest absolute Gasteiger partial charge is 0.410 e. The number of piperidine rings is 1. The van der Waals surface area contributed by atoms with E-state index in [-0.39, 0.29) is 12.2 Å². The van der Waals surface area contributed by atoms with Gasteiger partial charge in [-0.1, -0.05) is 15.9 Å². The van der Waals surface area contributed by atoms with Crippen molar-refractivity contribution < 1.29 is 14.3 Å². The van der Waals surface area contributed by atoms with E-state index in [9.17, 15) is 4.79 Å². The van der Waals surface area contributed by atoms with Crippen LogP contribution in [0.5, 0.6) is 5.75 Å². The summed E-state index contributed by atoms with van der Waals surface area (Å²) in [7, 11) is 0. The Morgan fingerprint density at radius 3 is 2.45 bits per heavy atom. The molecule has 1 aliphatic rings. The molecule has 1 saturated heterocycles. The number of benzene rings is 1. The van der Waals surface area contributed by atoms with Gasteiger partial charge in [-0.15, -0.1) is 0 Å². The van der Waals surface area contributed by atoms with Gasteiger partial charge in [0, 0.05) is 30.4 Å². The van der Waals surface area contributed by atoms with Crippen LogP contribution >= 0.6 is 15.9 Å². The summed E-state index contributed by atoms with van der Waals surface area (Å²) >= 11 is 3.49. The molecule has 1 aromatic carbocycles. The van der Waals surface area contributed by atoms with Gasteiger partial charge in [-0.05, 0) is 51.5 Å². The van der Waals surface area contributed by atoms with Crippen LogP contribution in [-0.2, 0) is 4.74 Å². The van der Waals surface area contributed by atoms with Crippen molar-refractivity contribution in [2.75, 3.05) is 13.1 Å². The molecule has 0 radical (unpaired) electrons. The average molecular weight is 370 g/mol. The molecule has 4 nitrogen and oxygen atoms in total. The zero-order valence-corrected chi connectivity index (χ0v) is 15.3. The minimum absolute atomic E-state index is 0.152. The number of halogens is 1. The van der Waals surface area contributed by atoms with Crippen LogP contribution in [0, 0.1) is 6.92 Å². The van der Waals surface area contributed by atoms with Crippen molar-refractivity contribution >= 4 is 22.0 Å². The summed E-state index contributed by atoms with van der Waals surface area (Å²) in [6.45, 7) is 9.05. The molecule has 0 N–H and O–H groups in total. The van der Waals surface area contributed by atoms with Gasteiger partial charge in [0.25, 0.3) is 0 Å². The number of likely N-dealkylation sites (tertiary alicyclic amines) is 1. The minimum Gasteiger partial charge on any atom is -0.490 e. The van der Waals surface area contributed by atoms with Crippen LogP contribution in [-0.4, -0.2) is 35.8 Å². The molecule has 1 aliphatic heterocycles. The Kier molecular flexibility index (Phi) is 5.37. The number of ether oxygens (including phenoxy) is 2. The Bertz CT molecular complexity index is 531. The minimum atomic E-state index is -0.445. The molecule has 2 rings (SSSR count). The Hall–Kier alpha value is -1.23. The van der Waals surface area contributed by atoms with Gasteiger partial charge < -0.3 is 14.4 Å². The highest BCUT2D eigenvalue weighted by Gasteiger charge is 2.27. The molecule has 122 valence electrons. The van der Waals surface area contributed by atoms with Crippen molar-refractivity contribution in [3.63, 3.8) is 0 Å². The van der Waals surface area contributed by atoms with Crippen molar-refractivity contribution in [3.8, 4) is 5.75 Å². The molecule has 1 heterocycles. The number of carbonyl (C=O) groups is 1. The average Bonchev–Trinajstić information content (AvgIpc) is 2.42. The molecule has 1 aromatic rings. The second-order valence-corrected chi connectivity index (χ2v) is 7.55. The number of nitrogens with zero attached hydrogens (tertiary/aromatic N) is 1. The fourth-order valence-electron chi connectivity index (χ4n) is 2.37. The highest BCUT2D eigenvalue weighted by Crippen LogP contribution is 2.25. The summed E-state index contributed by atoms with van der Waals surface area (Å²) in [6, 6.07) is 6.00. The predicted octanol–water partition coefficient (Wildman–Crippen LogP) is 4.54. The second-order valence-electron chi connectivity index (χ2n) is 6.70. The zero-order chi connectivity index (χ0) is 16.3. The van der Waals surface area contributed by atoms with E-state index in [1.807, 2.05) is 45.9 Å². The van der Waals surface area contributed by atoms with Crippen molar-refractivity contribution in [2.45, 2.75) is 52.2 Å². The van der Waals surface area contributed by atoms with Gasteiger partial charge in [-0.25, -0.2) is 4.79 Å². The largest absolute Gasteiger partial charge is 0.490 e. The molecule has 0 spiro atoms. The van der Waals surface area contributed by atoms with E-state index < -0.39 is 5.60 Å². The SMILES string of the molecule is Cc1cc(OC2CCN(C(=O)OC(C)(C)C)CC2)ccc1Br. The number of amides is 1. The maximum Gasteiger partial charge on any atom is 0.410 e. The Morgan fingerprint density at radius 1 is 1.27 bits per heavy atom. The summed E-state index contributed by atoms with van der Waals surface area (Å²) in [4.78, 5) is 13.8. The van der Waals surface area contributed by atoms with Gasteiger partial charge in [0.2, 0.25) is 0 Å². The lowest BCUT2D eigenvalue weighted by Gasteiger charge is -2.33. The van der Waals surface area contributed by atoms with E-state index in [1.54, 1.807) is 4.90 Å². The molecule has 1 fully saturated rings. The van der Waals surface area contributed by atoms with Crippen LogP contribution in [0.3, 0.4) is 0 Å². The Morgan fingerprint density at radius 2 is 1.91 bits per heavy atom. The fraction of sp³-hybridized carbons (Fsp3) is 0.588. The van der Waals surface area contributed by atoms with E-state index in [0.717, 1.165) is 28.6 Å². The Labute approximate surface area is 140 Å². The third-order valence-corrected chi connectivity index (χ3v) is 4.42. The summed E-state index contributed by atoms with van der Waals surface area (Å²) in [5.41, 5.74) is 0.711. The monoisotopic (exact) mass is 369 g/mol. The zero-order valence-electron chi connectivity index (χ0n) is 13.7. The van der Waals surface area contributed by atoms with Gasteiger partial charge in [-0.2, -0.15) is 0 Å². The molecule has 5 heteroatoms. The molecule has 1 amide bonds. The van der Waals surface area contributed by atoms with Crippen LogP contribution in [0.1, 0.15) is 39.2 Å². The van der Waals surface area contributed by atoms with Crippen molar-refractivity contribution in [1.82, 2.24) is 4.90 Å². The lowest BCUT2D eigenvalue weighted by atomic mass is 10.1. The second kappa shape index (κ2) is 6.90. The predicted molar refractivity (Wildman–Crippen MR) is 90.3 cm³/mol. The molecular formula is C17H24BrNO3. The molecular weight excluding hydrogens is 346 g/mol. The molecule has 0 atom stereocenters. The molecule has 0 aliphatic carbocycles. The van der Waals surface area contributed by atoms with Crippen LogP contribution in [0.25, 0.3) is 0 Å². The van der Waals surface area contributed by atoms with Gasteiger partial charge in [-0.3, -0.25) is 0 Å². The quantitative estimate of drug-likeness (QED) is 0.768. The highest BCUT2D eigenvalue weighted by molar-refractivity contribution is 9.10. The molecule has 0 saturated carbocycles. The van der Waals surface area contributed by atoms with Crippen LogP contribution in [0.4, 0.5) is 4.79 Å². The first-order valence-corrected chi connectivity index (χ1v) is 8.44. The molecule has 0 unspecified atom stereocenters. The van der Waals surface area contributed by atoms with Gasteiger partial charge >= 0.3 is 6.09 Å². The number of aryl methyl sites for hydroxylation is 1. The van der Waals surface area contributed by atoms with Crippen molar-refractivity contribution in [3.05, 3.63) is 28.2 Å². The number of rotatable bonds is 2. The van der Waals surface area contributed by atoms with Crippen LogP contribution in [0.15, 0.2) is 22.7 Å². The Balaban J connectivity index is 1.84. The molecule has 0 bridgehead atoms. The summed E-state index contributed by atoms with van der Waals surface area (Å²) in [5, 5.41) is 0. The fourth-order valence-corrected chi connectivity index (χ4v) is 2.61. The van der Waals surface area contributed by atoms with Crippen LogP contribution < -0.4 is 4.74 Å². The normalized spacial score (nSPS) is 16.5. The number of hydrogen-bond donors (Lipinski definition) is 0. The maximum absolute atomic E-state index is 12.0. The van der Waals surface area contributed by atoms with Gasteiger partial charge in [0.1, 0.15) is 17.5 Å². The molecule has 0 aromatic heterocycles. The van der Waals surface area contributed by atoms with Gasteiger partial charge in [0.15, 0.2) is 0 Å². The molecule has 22 heavy (non-hydrogen) atoms. The van der Waals surface area contributed by atoms with Gasteiger partial charge in [0.05, 0.1) is 0 Å². The van der Waals surface area contributed by atoms with E-state index in [0.29, 0.717) is 13.1 Å². The number of carbonyl (C=O) groups excluding carboxylic acids is 1. The third-order valence-electron chi connectivity index (χ3n) is 3.53.